The van der Waals surface area contributed by atoms with Gasteiger partial charge in [-0.15, -0.1) is 0 Å². The number of nitrogens with one attached hydrogen (secondary N) is 1. The van der Waals surface area contributed by atoms with Crippen LogP contribution in [-0.2, 0) is 15.0 Å². The van der Waals surface area contributed by atoms with E-state index in [4.69, 9.17) is 4.74 Å². The van der Waals surface area contributed by atoms with E-state index in [-0.39, 0.29) is 11.8 Å². The van der Waals surface area contributed by atoms with E-state index >= 15 is 0 Å². The maximum atomic E-state index is 12.6. The van der Waals surface area contributed by atoms with Crippen LogP contribution in [0.1, 0.15) is 32.8 Å². The average Bonchev–Trinajstić information content (AvgIpc) is 3.02. The average molecular weight is 302 g/mol. The summed E-state index contributed by atoms with van der Waals surface area (Å²) < 4.78 is 5.29. The van der Waals surface area contributed by atoms with Crippen LogP contribution in [0.2, 0.25) is 0 Å². The van der Waals surface area contributed by atoms with Crippen molar-refractivity contribution in [2.75, 3.05) is 25.5 Å². The number of nitrogens with zero attached hydrogens (tertiary/aromatic N) is 1. The smallest absolute Gasteiger partial charge is 0.237 e. The zero-order chi connectivity index (χ0) is 16.1. The second-order valence-electron chi connectivity index (χ2n) is 7.17. The van der Waals surface area contributed by atoms with Crippen molar-refractivity contribution in [1.29, 1.82) is 0 Å². The summed E-state index contributed by atoms with van der Waals surface area (Å²) in [6.07, 6.45) is 0.654. The Morgan fingerprint density at radius 1 is 1.36 bits per heavy atom. The molecule has 0 aliphatic carbocycles. The third kappa shape index (κ3) is 2.07. The second kappa shape index (κ2) is 4.73. The molecule has 0 aromatic heterocycles. The molecule has 5 heteroatoms. The molecule has 1 fully saturated rings. The number of ether oxygens (including phenoxy) is 1. The molecule has 0 saturated carbocycles. The fourth-order valence-corrected chi connectivity index (χ4v) is 3.38. The third-order valence-corrected chi connectivity index (χ3v) is 4.62. The number of methoxy groups -OCH3 is 1. The van der Waals surface area contributed by atoms with Gasteiger partial charge in [0.05, 0.1) is 12.5 Å². The van der Waals surface area contributed by atoms with Crippen LogP contribution >= 0.6 is 0 Å². The van der Waals surface area contributed by atoms with E-state index in [1.807, 2.05) is 43.9 Å². The fraction of sp³-hybridized carbons (Fsp3) is 0.529. The summed E-state index contributed by atoms with van der Waals surface area (Å²) in [4.78, 5) is 26.9. The van der Waals surface area contributed by atoms with Gasteiger partial charge in [0.25, 0.3) is 0 Å². The van der Waals surface area contributed by atoms with Gasteiger partial charge in [-0.3, -0.25) is 9.59 Å². The molecule has 118 valence electrons. The van der Waals surface area contributed by atoms with Gasteiger partial charge in [0.1, 0.15) is 5.75 Å². The number of rotatable bonds is 1. The van der Waals surface area contributed by atoms with E-state index in [2.05, 4.69) is 5.32 Å². The number of likely N-dealkylation sites (tertiary alicyclic amines) is 1. The maximum absolute atomic E-state index is 12.6. The predicted octanol–water partition coefficient (Wildman–Crippen LogP) is 2.16. The SMILES string of the molecule is COc1ccc2c(c1)C1(CCN(C(=O)C(C)(C)C)C1)C(=O)N2. The Balaban J connectivity index is 1.96. The molecule has 0 bridgehead atoms. The van der Waals surface area contributed by atoms with E-state index in [1.54, 1.807) is 7.11 Å². The molecule has 1 aromatic rings. The molecule has 5 nitrogen and oxygen atoms in total. The van der Waals surface area contributed by atoms with Crippen molar-refractivity contribution in [2.45, 2.75) is 32.6 Å². The Labute approximate surface area is 130 Å². The zero-order valence-electron chi connectivity index (χ0n) is 13.5. The minimum Gasteiger partial charge on any atom is -0.497 e. The molecular formula is C17H22N2O3. The van der Waals surface area contributed by atoms with Gasteiger partial charge in [0, 0.05) is 24.2 Å². The molecular weight excluding hydrogens is 280 g/mol. The lowest BCUT2D eigenvalue weighted by Crippen LogP contribution is -2.42. The molecule has 2 amide bonds. The lowest BCUT2D eigenvalue weighted by molar-refractivity contribution is -0.138. The van der Waals surface area contributed by atoms with E-state index in [0.29, 0.717) is 19.5 Å². The Morgan fingerprint density at radius 3 is 2.73 bits per heavy atom. The van der Waals surface area contributed by atoms with Crippen LogP contribution in [0.25, 0.3) is 0 Å². The summed E-state index contributed by atoms with van der Waals surface area (Å²) in [5.41, 5.74) is 0.708. The molecule has 1 aromatic carbocycles. The highest BCUT2D eigenvalue weighted by Crippen LogP contribution is 2.46. The van der Waals surface area contributed by atoms with Crippen molar-refractivity contribution >= 4 is 17.5 Å². The van der Waals surface area contributed by atoms with Gasteiger partial charge in [0.15, 0.2) is 0 Å². The number of benzene rings is 1. The molecule has 1 N–H and O–H groups in total. The summed E-state index contributed by atoms with van der Waals surface area (Å²) in [6, 6.07) is 5.62. The molecule has 2 heterocycles. The van der Waals surface area contributed by atoms with E-state index in [1.165, 1.54) is 0 Å². The van der Waals surface area contributed by atoms with E-state index < -0.39 is 10.8 Å². The lowest BCUT2D eigenvalue weighted by Gasteiger charge is -2.27. The first kappa shape index (κ1) is 14.9. The Morgan fingerprint density at radius 2 is 2.09 bits per heavy atom. The van der Waals surface area contributed by atoms with Gasteiger partial charge in [-0.2, -0.15) is 0 Å². The topological polar surface area (TPSA) is 58.6 Å². The molecule has 1 atom stereocenters. The highest BCUT2D eigenvalue weighted by atomic mass is 16.5. The van der Waals surface area contributed by atoms with E-state index in [9.17, 15) is 9.59 Å². The number of carbonyl (C=O) groups excluding carboxylic acids is 2. The summed E-state index contributed by atoms with van der Waals surface area (Å²) in [7, 11) is 1.61. The number of hydrogen-bond donors (Lipinski definition) is 1. The molecule has 2 aliphatic rings. The molecule has 0 radical (unpaired) electrons. The van der Waals surface area contributed by atoms with Gasteiger partial charge in [-0.1, -0.05) is 20.8 Å². The minimum absolute atomic E-state index is 0.0139. The van der Waals surface area contributed by atoms with Crippen LogP contribution in [0.3, 0.4) is 0 Å². The highest BCUT2D eigenvalue weighted by molar-refractivity contribution is 6.07. The van der Waals surface area contributed by atoms with Crippen molar-refractivity contribution in [3.8, 4) is 5.75 Å². The normalized spacial score (nSPS) is 23.6. The number of hydrogen-bond acceptors (Lipinski definition) is 3. The van der Waals surface area contributed by atoms with Crippen molar-refractivity contribution < 1.29 is 14.3 Å². The van der Waals surface area contributed by atoms with Crippen molar-refractivity contribution in [3.63, 3.8) is 0 Å². The van der Waals surface area contributed by atoms with Gasteiger partial charge < -0.3 is 15.0 Å². The molecule has 22 heavy (non-hydrogen) atoms. The standard InChI is InChI=1S/C17H22N2O3/c1-16(2,3)15(21)19-8-7-17(10-19)12-9-11(22-4)5-6-13(12)18-14(17)20/h5-6,9H,7-8,10H2,1-4H3,(H,18,20). The third-order valence-electron chi connectivity index (χ3n) is 4.62. The predicted molar refractivity (Wildman–Crippen MR) is 84.0 cm³/mol. The van der Waals surface area contributed by atoms with E-state index in [0.717, 1.165) is 17.0 Å². The second-order valence-corrected chi connectivity index (χ2v) is 7.17. The van der Waals surface area contributed by atoms with Gasteiger partial charge in [-0.25, -0.2) is 0 Å². The summed E-state index contributed by atoms with van der Waals surface area (Å²) in [6.45, 7) is 6.78. The molecule has 3 rings (SSSR count). The van der Waals surface area contributed by atoms with Crippen LogP contribution < -0.4 is 10.1 Å². The van der Waals surface area contributed by atoms with Crippen LogP contribution in [0.15, 0.2) is 18.2 Å². The fourth-order valence-electron chi connectivity index (χ4n) is 3.38. The number of fused-ring (bicyclic) bond motifs is 2. The van der Waals surface area contributed by atoms with Crippen LogP contribution in [0.4, 0.5) is 5.69 Å². The lowest BCUT2D eigenvalue weighted by atomic mass is 9.81. The Kier molecular flexibility index (Phi) is 3.20. The summed E-state index contributed by atoms with van der Waals surface area (Å²) >= 11 is 0. The summed E-state index contributed by atoms with van der Waals surface area (Å²) in [5, 5.41) is 2.95. The van der Waals surface area contributed by atoms with Crippen molar-refractivity contribution in [1.82, 2.24) is 4.90 Å². The first-order valence-electron chi connectivity index (χ1n) is 7.57. The molecule has 1 unspecified atom stereocenters. The first-order chi connectivity index (χ1) is 10.3. The quantitative estimate of drug-likeness (QED) is 0.865. The van der Waals surface area contributed by atoms with Crippen LogP contribution in [0.5, 0.6) is 5.75 Å². The summed E-state index contributed by atoms with van der Waals surface area (Å²) in [5.74, 6) is 0.809. The molecule has 2 aliphatic heterocycles. The zero-order valence-corrected chi connectivity index (χ0v) is 13.5. The maximum Gasteiger partial charge on any atom is 0.237 e. The van der Waals surface area contributed by atoms with Crippen LogP contribution in [-0.4, -0.2) is 36.9 Å². The monoisotopic (exact) mass is 302 g/mol. The van der Waals surface area contributed by atoms with Gasteiger partial charge in [0.2, 0.25) is 11.8 Å². The minimum atomic E-state index is -0.634. The largest absolute Gasteiger partial charge is 0.497 e. The Hall–Kier alpha value is -2.04. The van der Waals surface area contributed by atoms with Gasteiger partial charge >= 0.3 is 0 Å². The number of anilines is 1. The van der Waals surface area contributed by atoms with Gasteiger partial charge in [-0.05, 0) is 30.2 Å². The Bertz CT molecular complexity index is 648. The van der Waals surface area contributed by atoms with Crippen molar-refractivity contribution in [3.05, 3.63) is 23.8 Å². The molecule has 1 saturated heterocycles. The number of carbonyl (C=O) groups is 2. The van der Waals surface area contributed by atoms with Crippen LogP contribution in [0, 0.1) is 5.41 Å². The van der Waals surface area contributed by atoms with Crippen molar-refractivity contribution in [2.24, 2.45) is 5.41 Å². The number of amides is 2. The highest BCUT2D eigenvalue weighted by Gasteiger charge is 2.53. The first-order valence-corrected chi connectivity index (χ1v) is 7.57. The molecule has 1 spiro atoms.